The summed E-state index contributed by atoms with van der Waals surface area (Å²) in [6.45, 7) is 4.99. The van der Waals surface area contributed by atoms with Crippen molar-refractivity contribution in [2.45, 2.75) is 26.3 Å². The number of likely N-dealkylation sites (N-methyl/N-ethyl adjacent to an activating group) is 1. The van der Waals surface area contributed by atoms with Crippen molar-refractivity contribution >= 4 is 5.91 Å². The normalized spacial score (nSPS) is 11.6. The Morgan fingerprint density at radius 1 is 1.30 bits per heavy atom. The maximum absolute atomic E-state index is 14.0. The van der Waals surface area contributed by atoms with Gasteiger partial charge in [-0.1, -0.05) is 6.07 Å². The summed E-state index contributed by atoms with van der Waals surface area (Å²) in [4.78, 5) is 17.3. The van der Waals surface area contributed by atoms with Crippen LogP contribution in [-0.4, -0.2) is 34.9 Å². The predicted octanol–water partition coefficient (Wildman–Crippen LogP) is 2.89. The van der Waals surface area contributed by atoms with E-state index in [0.29, 0.717) is 5.56 Å². The number of carbonyl (C=O) groups excluding carboxylic acids is 1. The number of hydrogen-bond acceptors (Lipinski definition) is 3. The number of hydrogen-bond donors (Lipinski definition) is 0. The van der Waals surface area contributed by atoms with Gasteiger partial charge in [0, 0.05) is 13.2 Å². The number of amides is 1. The van der Waals surface area contributed by atoms with Crippen molar-refractivity contribution in [3.63, 3.8) is 0 Å². The average molecular weight is 323 g/mol. The lowest BCUT2D eigenvalue weighted by atomic mass is 10.1. The second kappa shape index (κ2) is 6.08. The van der Waals surface area contributed by atoms with Gasteiger partial charge < -0.3 is 0 Å². The van der Waals surface area contributed by atoms with E-state index in [1.165, 1.54) is 37.0 Å². The summed E-state index contributed by atoms with van der Waals surface area (Å²) in [5.41, 5.74) is -0.543. The molecule has 0 aliphatic rings. The summed E-state index contributed by atoms with van der Waals surface area (Å²) in [7, 11) is 2.86. The molecule has 0 bridgehead atoms. The van der Waals surface area contributed by atoms with Gasteiger partial charge in [0.25, 0.3) is 5.91 Å². The highest BCUT2D eigenvalue weighted by Gasteiger charge is 2.34. The number of rotatable bonds is 4. The number of aryl methyl sites for hydroxylation is 1. The SMILES string of the molecule is CON(C)C(=O)C(C)(C)n1cc(C)c(-c2c(F)cccc2F)n1. The molecule has 0 saturated carbocycles. The smallest absolute Gasteiger partial charge is 0.273 e. The van der Waals surface area contributed by atoms with Crippen LogP contribution in [0, 0.1) is 18.6 Å². The zero-order valence-electron chi connectivity index (χ0n) is 13.7. The average Bonchev–Trinajstić information content (AvgIpc) is 2.88. The minimum atomic E-state index is -1.07. The molecule has 0 N–H and O–H groups in total. The van der Waals surface area contributed by atoms with Crippen molar-refractivity contribution in [2.24, 2.45) is 0 Å². The van der Waals surface area contributed by atoms with Gasteiger partial charge in [-0.3, -0.25) is 14.3 Å². The van der Waals surface area contributed by atoms with E-state index in [4.69, 9.17) is 4.84 Å². The molecule has 1 heterocycles. The molecule has 0 aliphatic heterocycles. The maximum atomic E-state index is 14.0. The molecule has 0 unspecified atom stereocenters. The lowest BCUT2D eigenvalue weighted by molar-refractivity contribution is -0.177. The number of nitrogens with zero attached hydrogens (tertiary/aromatic N) is 3. The van der Waals surface area contributed by atoms with Crippen LogP contribution in [0.15, 0.2) is 24.4 Å². The van der Waals surface area contributed by atoms with Crippen molar-refractivity contribution in [2.75, 3.05) is 14.2 Å². The Hall–Kier alpha value is -2.28. The Balaban J connectivity index is 2.52. The third-order valence-electron chi connectivity index (χ3n) is 3.75. The summed E-state index contributed by atoms with van der Waals surface area (Å²) >= 11 is 0. The van der Waals surface area contributed by atoms with E-state index in [1.54, 1.807) is 27.0 Å². The van der Waals surface area contributed by atoms with E-state index in [0.717, 1.165) is 5.06 Å². The first-order valence-corrected chi connectivity index (χ1v) is 7.03. The van der Waals surface area contributed by atoms with E-state index in [2.05, 4.69) is 5.10 Å². The summed E-state index contributed by atoms with van der Waals surface area (Å²) in [6.07, 6.45) is 1.59. The molecule has 0 atom stereocenters. The second-order valence-corrected chi connectivity index (χ2v) is 5.75. The molecule has 124 valence electrons. The number of carbonyl (C=O) groups is 1. The monoisotopic (exact) mass is 323 g/mol. The van der Waals surface area contributed by atoms with Crippen LogP contribution in [-0.2, 0) is 15.2 Å². The van der Waals surface area contributed by atoms with Crippen molar-refractivity contribution < 1.29 is 18.4 Å². The van der Waals surface area contributed by atoms with E-state index in [1.807, 2.05) is 0 Å². The Bertz CT molecular complexity index is 721. The number of hydroxylamine groups is 2. The van der Waals surface area contributed by atoms with E-state index < -0.39 is 17.2 Å². The van der Waals surface area contributed by atoms with Crippen molar-refractivity contribution in [1.29, 1.82) is 0 Å². The van der Waals surface area contributed by atoms with Crippen LogP contribution in [0.25, 0.3) is 11.3 Å². The third kappa shape index (κ3) is 2.96. The topological polar surface area (TPSA) is 47.4 Å². The third-order valence-corrected chi connectivity index (χ3v) is 3.75. The molecule has 0 aliphatic carbocycles. The fourth-order valence-corrected chi connectivity index (χ4v) is 2.28. The minimum absolute atomic E-state index is 0.168. The van der Waals surface area contributed by atoms with Gasteiger partial charge in [-0.15, -0.1) is 0 Å². The van der Waals surface area contributed by atoms with E-state index in [-0.39, 0.29) is 17.2 Å². The highest BCUT2D eigenvalue weighted by Crippen LogP contribution is 2.29. The number of benzene rings is 1. The van der Waals surface area contributed by atoms with Crippen LogP contribution in [0.5, 0.6) is 0 Å². The van der Waals surface area contributed by atoms with Crippen molar-refractivity contribution in [3.05, 3.63) is 41.6 Å². The maximum Gasteiger partial charge on any atom is 0.273 e. The first-order chi connectivity index (χ1) is 10.7. The Morgan fingerprint density at radius 2 is 1.87 bits per heavy atom. The molecule has 5 nitrogen and oxygen atoms in total. The van der Waals surface area contributed by atoms with Crippen LogP contribution in [0.4, 0.5) is 8.78 Å². The van der Waals surface area contributed by atoms with Gasteiger partial charge in [0.2, 0.25) is 0 Å². The second-order valence-electron chi connectivity index (χ2n) is 5.75. The molecule has 2 rings (SSSR count). The lowest BCUT2D eigenvalue weighted by Gasteiger charge is -2.28. The molecule has 1 amide bonds. The fourth-order valence-electron chi connectivity index (χ4n) is 2.28. The first kappa shape index (κ1) is 17.1. The summed E-state index contributed by atoms with van der Waals surface area (Å²) < 4.78 is 29.3. The summed E-state index contributed by atoms with van der Waals surface area (Å²) in [5.74, 6) is -1.74. The van der Waals surface area contributed by atoms with Crippen LogP contribution < -0.4 is 0 Å². The van der Waals surface area contributed by atoms with Gasteiger partial charge in [0.15, 0.2) is 0 Å². The number of halogens is 2. The molecular formula is C16H19F2N3O2. The van der Waals surface area contributed by atoms with Gasteiger partial charge in [0.05, 0.1) is 12.7 Å². The molecule has 23 heavy (non-hydrogen) atoms. The Kier molecular flexibility index (Phi) is 4.51. The van der Waals surface area contributed by atoms with Crippen LogP contribution in [0.2, 0.25) is 0 Å². The van der Waals surface area contributed by atoms with Gasteiger partial charge in [-0.05, 0) is 38.5 Å². The van der Waals surface area contributed by atoms with Crippen molar-refractivity contribution in [3.8, 4) is 11.3 Å². The standard InChI is InChI=1S/C16H19F2N3O2/c1-10-9-21(16(2,3)15(22)20(4)23-5)19-14(10)13-11(17)7-6-8-12(13)18/h6-9H,1-5H3. The fraction of sp³-hybridized carbons (Fsp3) is 0.375. The highest BCUT2D eigenvalue weighted by molar-refractivity contribution is 5.82. The van der Waals surface area contributed by atoms with E-state index in [9.17, 15) is 13.6 Å². The quantitative estimate of drug-likeness (QED) is 0.813. The summed E-state index contributed by atoms with van der Waals surface area (Å²) in [6, 6.07) is 3.64. The van der Waals surface area contributed by atoms with Crippen LogP contribution >= 0.6 is 0 Å². The van der Waals surface area contributed by atoms with Crippen molar-refractivity contribution in [1.82, 2.24) is 14.8 Å². The van der Waals surface area contributed by atoms with E-state index >= 15 is 0 Å². The van der Waals surface area contributed by atoms with Gasteiger partial charge in [-0.25, -0.2) is 13.8 Å². The van der Waals surface area contributed by atoms with Gasteiger partial charge >= 0.3 is 0 Å². The molecule has 0 radical (unpaired) electrons. The summed E-state index contributed by atoms with van der Waals surface area (Å²) in [5, 5.41) is 5.33. The molecule has 7 heteroatoms. The van der Waals surface area contributed by atoms with Gasteiger partial charge in [0.1, 0.15) is 22.9 Å². The molecule has 0 fully saturated rings. The first-order valence-electron chi connectivity index (χ1n) is 7.03. The predicted molar refractivity (Wildman–Crippen MR) is 81.4 cm³/mol. The highest BCUT2D eigenvalue weighted by atomic mass is 19.1. The zero-order valence-corrected chi connectivity index (χ0v) is 13.7. The molecule has 1 aromatic carbocycles. The van der Waals surface area contributed by atoms with Crippen LogP contribution in [0.3, 0.4) is 0 Å². The minimum Gasteiger partial charge on any atom is -0.274 e. The molecule has 0 saturated heterocycles. The molecular weight excluding hydrogens is 304 g/mol. The lowest BCUT2D eigenvalue weighted by Crippen LogP contribution is -2.45. The molecule has 0 spiro atoms. The number of aromatic nitrogens is 2. The Labute approximate surface area is 133 Å². The molecule has 1 aromatic heterocycles. The van der Waals surface area contributed by atoms with Crippen LogP contribution in [0.1, 0.15) is 19.4 Å². The Morgan fingerprint density at radius 3 is 2.39 bits per heavy atom. The molecule has 2 aromatic rings. The largest absolute Gasteiger partial charge is 0.274 e. The van der Waals surface area contributed by atoms with Gasteiger partial charge in [-0.2, -0.15) is 5.10 Å². The zero-order chi connectivity index (χ0) is 17.4.